The van der Waals surface area contributed by atoms with E-state index in [1.54, 1.807) is 10.4 Å². The van der Waals surface area contributed by atoms with Crippen LogP contribution in [0.2, 0.25) is 0 Å². The maximum Gasteiger partial charge on any atom is 0.0358 e. The van der Waals surface area contributed by atoms with Crippen LogP contribution in [0.3, 0.4) is 0 Å². The van der Waals surface area contributed by atoms with Crippen LogP contribution in [0.1, 0.15) is 52.5 Å². The summed E-state index contributed by atoms with van der Waals surface area (Å²) in [5, 5.41) is 3.92. The van der Waals surface area contributed by atoms with Gasteiger partial charge in [0.1, 0.15) is 0 Å². The summed E-state index contributed by atoms with van der Waals surface area (Å²) in [6.45, 7) is 1.03. The molecule has 3 atom stereocenters. The molecule has 0 saturated heterocycles. The molecule has 2 heterocycles. The van der Waals surface area contributed by atoms with Crippen LogP contribution in [0.5, 0.6) is 0 Å². The molecule has 28 heavy (non-hydrogen) atoms. The molecule has 1 aromatic rings. The lowest BCUT2D eigenvalue weighted by Gasteiger charge is -2.38. The summed E-state index contributed by atoms with van der Waals surface area (Å²) < 4.78 is 0. The van der Waals surface area contributed by atoms with Crippen LogP contribution in [0.15, 0.2) is 47.7 Å². The summed E-state index contributed by atoms with van der Waals surface area (Å²) >= 11 is 2.03. The zero-order valence-corrected chi connectivity index (χ0v) is 17.8. The van der Waals surface area contributed by atoms with Crippen LogP contribution in [0.4, 0.5) is 0 Å². The average molecular weight is 391 g/mol. The molecule has 146 valence electrons. The van der Waals surface area contributed by atoms with Gasteiger partial charge in [-0.15, -0.1) is 11.3 Å². The summed E-state index contributed by atoms with van der Waals surface area (Å²) in [6.07, 6.45) is 25.0. The van der Waals surface area contributed by atoms with Gasteiger partial charge in [0.15, 0.2) is 0 Å². The van der Waals surface area contributed by atoms with E-state index in [9.17, 15) is 0 Å². The maximum absolute atomic E-state index is 3.92. The van der Waals surface area contributed by atoms with E-state index >= 15 is 0 Å². The van der Waals surface area contributed by atoms with Gasteiger partial charge in [0, 0.05) is 54.0 Å². The van der Waals surface area contributed by atoms with Crippen molar-refractivity contribution in [3.63, 3.8) is 0 Å². The van der Waals surface area contributed by atoms with E-state index in [0.717, 1.165) is 13.0 Å². The maximum atomic E-state index is 3.92. The van der Waals surface area contributed by atoms with Crippen molar-refractivity contribution in [2.24, 2.45) is 5.92 Å². The van der Waals surface area contributed by atoms with Crippen molar-refractivity contribution in [2.75, 3.05) is 20.6 Å². The van der Waals surface area contributed by atoms with E-state index in [1.165, 1.54) is 47.4 Å². The summed E-state index contributed by atoms with van der Waals surface area (Å²) in [5.74, 6) is 1.02. The first-order valence-corrected chi connectivity index (χ1v) is 11.5. The molecule has 5 rings (SSSR count). The fourth-order valence-electron chi connectivity index (χ4n) is 5.15. The Morgan fingerprint density at radius 1 is 1.04 bits per heavy atom. The van der Waals surface area contributed by atoms with Crippen LogP contribution in [0.25, 0.3) is 12.2 Å². The van der Waals surface area contributed by atoms with Gasteiger partial charge in [-0.05, 0) is 61.0 Å². The van der Waals surface area contributed by atoms with Crippen molar-refractivity contribution in [3.05, 3.63) is 68.6 Å². The zero-order valence-electron chi connectivity index (χ0n) is 16.9. The standard InChI is InChI=1S/C25H30N2S/c1-27(2)23-15-22(26-16-21(23)17-9-4-3-5-10-17)20-13-8-12-19-18-11-6-7-14-24(18)28-25(19)20/h4,7-10,12,14-15,20-22,26H,3,5-6,11,13,16H2,1-2H3. The predicted octanol–water partition coefficient (Wildman–Crippen LogP) is 5.52. The molecule has 3 unspecified atom stereocenters. The Kier molecular flexibility index (Phi) is 4.90. The number of nitrogens with one attached hydrogen (secondary N) is 1. The number of hydrogen-bond acceptors (Lipinski definition) is 3. The second kappa shape index (κ2) is 7.53. The van der Waals surface area contributed by atoms with Gasteiger partial charge in [0.05, 0.1) is 0 Å². The molecule has 2 nitrogen and oxygen atoms in total. The third kappa shape index (κ3) is 3.15. The highest BCUT2D eigenvalue weighted by Gasteiger charge is 2.34. The highest BCUT2D eigenvalue weighted by molar-refractivity contribution is 7.13. The highest BCUT2D eigenvalue weighted by Crippen LogP contribution is 2.44. The molecule has 0 radical (unpaired) electrons. The van der Waals surface area contributed by atoms with Crippen molar-refractivity contribution in [2.45, 2.75) is 44.1 Å². The van der Waals surface area contributed by atoms with Crippen molar-refractivity contribution < 1.29 is 0 Å². The van der Waals surface area contributed by atoms with E-state index in [0.29, 0.717) is 17.9 Å². The Morgan fingerprint density at radius 2 is 1.93 bits per heavy atom. The molecule has 0 aromatic carbocycles. The number of allylic oxidation sites excluding steroid dienone is 5. The van der Waals surface area contributed by atoms with Gasteiger partial charge in [-0.25, -0.2) is 0 Å². The van der Waals surface area contributed by atoms with E-state index in [2.05, 4.69) is 72.9 Å². The van der Waals surface area contributed by atoms with E-state index in [4.69, 9.17) is 0 Å². The zero-order chi connectivity index (χ0) is 19.1. The Bertz CT molecular complexity index is 909. The average Bonchev–Trinajstić information content (AvgIpc) is 3.13. The normalized spacial score (nSPS) is 28.4. The van der Waals surface area contributed by atoms with Crippen molar-refractivity contribution in [1.82, 2.24) is 10.2 Å². The summed E-state index contributed by atoms with van der Waals surface area (Å²) in [6, 6.07) is 0.412. The Morgan fingerprint density at radius 3 is 2.75 bits per heavy atom. The molecule has 3 heteroatoms. The molecule has 3 aliphatic carbocycles. The predicted molar refractivity (Wildman–Crippen MR) is 122 cm³/mol. The van der Waals surface area contributed by atoms with Gasteiger partial charge in [0.2, 0.25) is 0 Å². The molecule has 0 amide bonds. The first-order chi connectivity index (χ1) is 13.7. The van der Waals surface area contributed by atoms with Gasteiger partial charge in [-0.3, -0.25) is 0 Å². The largest absolute Gasteiger partial charge is 0.381 e. The Hall–Kier alpha value is -1.84. The number of nitrogens with zero attached hydrogens (tertiary/aromatic N) is 1. The SMILES string of the molecule is CN(C)C1=CC(C2CC=Cc3c2sc2c3CCC=C2)NCC1C1=CCCC=C1. The number of rotatable bonds is 3. The third-order valence-electron chi connectivity index (χ3n) is 6.59. The van der Waals surface area contributed by atoms with Gasteiger partial charge in [-0.1, -0.05) is 36.5 Å². The quantitative estimate of drug-likeness (QED) is 0.731. The van der Waals surface area contributed by atoms with Crippen molar-refractivity contribution in [1.29, 1.82) is 0 Å². The molecule has 1 aliphatic heterocycles. The molecule has 1 N–H and O–H groups in total. The number of thiophene rings is 1. The Labute approximate surface area is 173 Å². The fraction of sp³-hybridized carbons (Fsp3) is 0.440. The molecule has 0 fully saturated rings. The fourth-order valence-corrected chi connectivity index (χ4v) is 6.58. The van der Waals surface area contributed by atoms with Crippen LogP contribution < -0.4 is 5.32 Å². The first-order valence-electron chi connectivity index (χ1n) is 10.7. The van der Waals surface area contributed by atoms with Gasteiger partial charge >= 0.3 is 0 Å². The lowest BCUT2D eigenvalue weighted by atomic mass is 9.81. The molecule has 0 spiro atoms. The van der Waals surface area contributed by atoms with Crippen LogP contribution in [0, 0.1) is 5.92 Å². The van der Waals surface area contributed by atoms with E-state index < -0.39 is 0 Å². The molecule has 0 saturated carbocycles. The van der Waals surface area contributed by atoms with E-state index in [1.807, 2.05) is 11.3 Å². The van der Waals surface area contributed by atoms with Gasteiger partial charge < -0.3 is 10.2 Å². The highest BCUT2D eigenvalue weighted by atomic mass is 32.1. The lowest BCUT2D eigenvalue weighted by molar-refractivity contribution is 0.370. The second-order valence-corrected chi connectivity index (χ2v) is 9.65. The Balaban J connectivity index is 1.48. The summed E-state index contributed by atoms with van der Waals surface area (Å²) in [7, 11) is 4.41. The molecular formula is C25H30N2S. The van der Waals surface area contributed by atoms with Gasteiger partial charge in [0.25, 0.3) is 0 Å². The van der Waals surface area contributed by atoms with Crippen LogP contribution >= 0.6 is 11.3 Å². The van der Waals surface area contributed by atoms with Crippen molar-refractivity contribution >= 4 is 23.5 Å². The number of fused-ring (bicyclic) bond motifs is 3. The minimum absolute atomic E-state index is 0.412. The lowest BCUT2D eigenvalue weighted by Crippen LogP contribution is -2.44. The van der Waals surface area contributed by atoms with Crippen LogP contribution in [-0.2, 0) is 6.42 Å². The minimum atomic E-state index is 0.412. The second-order valence-electron chi connectivity index (χ2n) is 8.56. The van der Waals surface area contributed by atoms with Gasteiger partial charge in [-0.2, -0.15) is 0 Å². The number of hydrogen-bond donors (Lipinski definition) is 1. The van der Waals surface area contributed by atoms with E-state index in [-0.39, 0.29) is 0 Å². The molecule has 4 aliphatic rings. The molecule has 0 bridgehead atoms. The summed E-state index contributed by atoms with van der Waals surface area (Å²) in [5.41, 5.74) is 6.07. The van der Waals surface area contributed by atoms with Crippen LogP contribution in [-0.4, -0.2) is 31.6 Å². The minimum Gasteiger partial charge on any atom is -0.381 e. The topological polar surface area (TPSA) is 15.3 Å². The molecule has 1 aromatic heterocycles. The monoisotopic (exact) mass is 390 g/mol. The first kappa shape index (κ1) is 18.2. The van der Waals surface area contributed by atoms with Crippen molar-refractivity contribution in [3.8, 4) is 0 Å². The molecular weight excluding hydrogens is 360 g/mol. The third-order valence-corrected chi connectivity index (χ3v) is 7.94. The summed E-state index contributed by atoms with van der Waals surface area (Å²) in [4.78, 5) is 5.43. The smallest absolute Gasteiger partial charge is 0.0358 e.